The molecule has 0 saturated carbocycles. The lowest BCUT2D eigenvalue weighted by Crippen LogP contribution is -3.10. The second kappa shape index (κ2) is 9.23. The lowest BCUT2D eigenvalue weighted by Gasteiger charge is -2.25. The minimum absolute atomic E-state index is 0.0730. The Balaban J connectivity index is 1.37. The zero-order valence-corrected chi connectivity index (χ0v) is 17.1. The second-order valence-electron chi connectivity index (χ2n) is 7.23. The van der Waals surface area contributed by atoms with Crippen LogP contribution >= 0.6 is 11.8 Å². The first kappa shape index (κ1) is 20.3. The summed E-state index contributed by atoms with van der Waals surface area (Å²) in [4.78, 5) is 33.4. The van der Waals surface area contributed by atoms with Crippen LogP contribution in [0.3, 0.4) is 0 Å². The SMILES string of the molecule is O=C(CSc1nc2c(c(=O)[nH]1)C[NH+](Cc1ccccc1)CC2)Nc1cccc(F)c1. The maximum atomic E-state index is 13.2. The Morgan fingerprint density at radius 3 is 2.83 bits per heavy atom. The van der Waals surface area contributed by atoms with E-state index >= 15 is 0 Å². The molecule has 1 unspecified atom stereocenters. The standard InChI is InChI=1S/C22H21FN4O2S/c23-16-7-4-8-17(11-16)24-20(28)14-30-22-25-19-9-10-27(13-18(19)21(29)26-22)12-15-5-2-1-3-6-15/h1-8,11H,9-10,12-14H2,(H,24,28)(H,25,26,29)/p+1. The molecule has 1 atom stereocenters. The number of aromatic nitrogens is 2. The highest BCUT2D eigenvalue weighted by atomic mass is 32.2. The molecule has 0 fully saturated rings. The maximum Gasteiger partial charge on any atom is 0.260 e. The van der Waals surface area contributed by atoms with Crippen molar-refractivity contribution >= 4 is 23.4 Å². The molecule has 0 spiro atoms. The molecule has 2 heterocycles. The fraction of sp³-hybridized carbons (Fsp3) is 0.227. The molecule has 3 N–H and O–H groups in total. The molecule has 1 aromatic heterocycles. The Morgan fingerprint density at radius 2 is 2.03 bits per heavy atom. The average Bonchev–Trinajstić information content (AvgIpc) is 2.73. The first-order valence-corrected chi connectivity index (χ1v) is 10.7. The summed E-state index contributed by atoms with van der Waals surface area (Å²) >= 11 is 1.16. The molecule has 1 aliphatic heterocycles. The van der Waals surface area contributed by atoms with E-state index in [1.807, 2.05) is 18.2 Å². The van der Waals surface area contributed by atoms with E-state index in [1.165, 1.54) is 28.7 Å². The van der Waals surface area contributed by atoms with E-state index in [0.29, 0.717) is 17.4 Å². The number of hydrogen-bond acceptors (Lipinski definition) is 4. The van der Waals surface area contributed by atoms with Gasteiger partial charge in [0.05, 0.1) is 23.6 Å². The molecule has 4 rings (SSSR count). The van der Waals surface area contributed by atoms with Gasteiger partial charge in [-0.05, 0) is 18.2 Å². The highest BCUT2D eigenvalue weighted by molar-refractivity contribution is 7.99. The van der Waals surface area contributed by atoms with Crippen LogP contribution in [0.5, 0.6) is 0 Å². The molecule has 0 bridgehead atoms. The van der Waals surface area contributed by atoms with Crippen LogP contribution in [0.1, 0.15) is 16.8 Å². The van der Waals surface area contributed by atoms with Crippen molar-refractivity contribution in [1.82, 2.24) is 9.97 Å². The summed E-state index contributed by atoms with van der Waals surface area (Å²) in [5.74, 6) is -0.627. The minimum Gasteiger partial charge on any atom is -0.327 e. The first-order chi connectivity index (χ1) is 14.6. The van der Waals surface area contributed by atoms with Crippen molar-refractivity contribution in [1.29, 1.82) is 0 Å². The lowest BCUT2D eigenvalue weighted by atomic mass is 10.1. The number of hydrogen-bond donors (Lipinski definition) is 3. The van der Waals surface area contributed by atoms with Crippen LogP contribution < -0.4 is 15.8 Å². The highest BCUT2D eigenvalue weighted by Crippen LogP contribution is 2.16. The summed E-state index contributed by atoms with van der Waals surface area (Å²) < 4.78 is 13.2. The molecule has 30 heavy (non-hydrogen) atoms. The summed E-state index contributed by atoms with van der Waals surface area (Å²) in [5, 5.41) is 3.07. The van der Waals surface area contributed by atoms with Crippen molar-refractivity contribution in [2.75, 3.05) is 17.6 Å². The molecule has 6 nitrogen and oxygen atoms in total. The number of aromatic amines is 1. The third-order valence-corrected chi connectivity index (χ3v) is 5.84. The molecule has 0 saturated heterocycles. The summed E-state index contributed by atoms with van der Waals surface area (Å²) in [6.45, 7) is 2.41. The smallest absolute Gasteiger partial charge is 0.260 e. The predicted molar refractivity (Wildman–Crippen MR) is 114 cm³/mol. The van der Waals surface area contributed by atoms with Crippen LogP contribution in [0.4, 0.5) is 10.1 Å². The number of H-pyrrole nitrogens is 1. The molecule has 0 radical (unpaired) electrons. The molecule has 1 aliphatic rings. The van der Waals surface area contributed by atoms with E-state index in [1.54, 1.807) is 6.07 Å². The van der Waals surface area contributed by atoms with Crippen molar-refractivity contribution in [2.24, 2.45) is 0 Å². The number of benzene rings is 2. The third kappa shape index (κ3) is 5.14. The van der Waals surface area contributed by atoms with Crippen molar-refractivity contribution in [3.05, 3.63) is 87.6 Å². The van der Waals surface area contributed by atoms with Gasteiger partial charge in [0.1, 0.15) is 18.9 Å². The van der Waals surface area contributed by atoms with Gasteiger partial charge in [-0.3, -0.25) is 9.59 Å². The van der Waals surface area contributed by atoms with E-state index < -0.39 is 5.82 Å². The van der Waals surface area contributed by atoms with Crippen LogP contribution in [0.25, 0.3) is 0 Å². The molecule has 3 aromatic rings. The van der Waals surface area contributed by atoms with Crippen molar-refractivity contribution in [2.45, 2.75) is 24.7 Å². The van der Waals surface area contributed by atoms with Gasteiger partial charge in [0.15, 0.2) is 5.16 Å². The number of carbonyl (C=O) groups excluding carboxylic acids is 1. The number of anilines is 1. The molecule has 0 aliphatic carbocycles. The van der Waals surface area contributed by atoms with Gasteiger partial charge < -0.3 is 15.2 Å². The van der Waals surface area contributed by atoms with Gasteiger partial charge in [0, 0.05) is 17.7 Å². The van der Waals surface area contributed by atoms with E-state index in [4.69, 9.17) is 0 Å². The average molecular weight is 426 g/mol. The number of amides is 1. The van der Waals surface area contributed by atoms with E-state index in [9.17, 15) is 14.0 Å². The summed E-state index contributed by atoms with van der Waals surface area (Å²) in [5.41, 5.74) is 3.04. The minimum atomic E-state index is -0.412. The second-order valence-corrected chi connectivity index (χ2v) is 8.20. The highest BCUT2D eigenvalue weighted by Gasteiger charge is 2.24. The number of halogens is 1. The zero-order chi connectivity index (χ0) is 20.9. The molecular weight excluding hydrogens is 403 g/mol. The number of fused-ring (bicyclic) bond motifs is 1. The van der Waals surface area contributed by atoms with E-state index in [0.717, 1.165) is 42.5 Å². The topological polar surface area (TPSA) is 79.3 Å². The van der Waals surface area contributed by atoms with Crippen molar-refractivity contribution < 1.29 is 14.1 Å². The van der Waals surface area contributed by atoms with Gasteiger partial charge in [0.25, 0.3) is 5.56 Å². The maximum absolute atomic E-state index is 13.2. The summed E-state index contributed by atoms with van der Waals surface area (Å²) in [6.07, 6.45) is 0.727. The van der Waals surface area contributed by atoms with Gasteiger partial charge in [-0.25, -0.2) is 9.37 Å². The molecule has 8 heteroatoms. The summed E-state index contributed by atoms with van der Waals surface area (Å²) in [7, 11) is 0. The quantitative estimate of drug-likeness (QED) is 0.416. The van der Waals surface area contributed by atoms with Gasteiger partial charge >= 0.3 is 0 Å². The fourth-order valence-electron chi connectivity index (χ4n) is 3.55. The molecule has 1 amide bonds. The van der Waals surface area contributed by atoms with Gasteiger partial charge in [-0.1, -0.05) is 48.2 Å². The molecular formula is C22H22FN4O2S+. The number of rotatable bonds is 6. The van der Waals surface area contributed by atoms with Crippen LogP contribution in [0.2, 0.25) is 0 Å². The number of quaternary nitrogens is 1. The fourth-order valence-corrected chi connectivity index (χ4v) is 4.22. The molecule has 154 valence electrons. The van der Waals surface area contributed by atoms with Crippen molar-refractivity contribution in [3.8, 4) is 0 Å². The van der Waals surface area contributed by atoms with E-state index in [-0.39, 0.29) is 17.2 Å². The Bertz CT molecular complexity index is 1100. The Hall–Kier alpha value is -2.97. The van der Waals surface area contributed by atoms with Gasteiger partial charge in [0.2, 0.25) is 5.91 Å². The van der Waals surface area contributed by atoms with Crippen LogP contribution in [-0.4, -0.2) is 28.2 Å². The molecule has 2 aromatic carbocycles. The van der Waals surface area contributed by atoms with Gasteiger partial charge in [-0.2, -0.15) is 0 Å². The first-order valence-electron chi connectivity index (χ1n) is 9.74. The third-order valence-electron chi connectivity index (χ3n) is 4.97. The van der Waals surface area contributed by atoms with Crippen LogP contribution in [-0.2, 0) is 24.3 Å². The van der Waals surface area contributed by atoms with Gasteiger partial charge in [-0.15, -0.1) is 0 Å². The van der Waals surface area contributed by atoms with Crippen LogP contribution in [0, 0.1) is 5.82 Å². The monoisotopic (exact) mass is 425 g/mol. The Morgan fingerprint density at radius 1 is 1.20 bits per heavy atom. The number of carbonyl (C=O) groups is 1. The Kier molecular flexibility index (Phi) is 6.25. The van der Waals surface area contributed by atoms with Crippen molar-refractivity contribution in [3.63, 3.8) is 0 Å². The number of nitrogens with zero attached hydrogens (tertiary/aromatic N) is 1. The summed E-state index contributed by atoms with van der Waals surface area (Å²) in [6, 6.07) is 16.0. The van der Waals surface area contributed by atoms with Crippen LogP contribution in [0.15, 0.2) is 64.5 Å². The number of thioether (sulfide) groups is 1. The van der Waals surface area contributed by atoms with E-state index in [2.05, 4.69) is 27.4 Å². The largest absolute Gasteiger partial charge is 0.327 e. The normalized spacial score (nSPS) is 15.4. The predicted octanol–water partition coefficient (Wildman–Crippen LogP) is 1.78. The number of nitrogens with one attached hydrogen (secondary N) is 3. The zero-order valence-electron chi connectivity index (χ0n) is 16.3. The Labute approximate surface area is 177 Å². The lowest BCUT2D eigenvalue weighted by molar-refractivity contribution is -0.929.